The highest BCUT2D eigenvalue weighted by Gasteiger charge is 2.12. The summed E-state index contributed by atoms with van der Waals surface area (Å²) in [5, 5.41) is 4.40. The highest BCUT2D eigenvalue weighted by Crippen LogP contribution is 2.24. The molecule has 4 nitrogen and oxygen atoms in total. The van der Waals surface area contributed by atoms with Crippen LogP contribution < -0.4 is 4.74 Å². The lowest BCUT2D eigenvalue weighted by atomic mass is 10.2. The van der Waals surface area contributed by atoms with E-state index in [0.29, 0.717) is 12.1 Å². The molecule has 0 atom stereocenters. The normalized spacial score (nSPS) is 10.5. The van der Waals surface area contributed by atoms with Crippen LogP contribution in [0, 0.1) is 13.8 Å². The molecule has 0 aliphatic rings. The smallest absolute Gasteiger partial charge is 0.153 e. The lowest BCUT2D eigenvalue weighted by molar-refractivity contribution is 0.112. The third kappa shape index (κ3) is 2.71. The number of halogens is 1. The molecule has 0 aliphatic carbocycles. The van der Waals surface area contributed by atoms with Crippen LogP contribution in [-0.4, -0.2) is 23.2 Å². The summed E-state index contributed by atoms with van der Waals surface area (Å²) in [7, 11) is 1.64. The van der Waals surface area contributed by atoms with Gasteiger partial charge in [-0.15, -0.1) is 0 Å². The van der Waals surface area contributed by atoms with Gasteiger partial charge in [0.2, 0.25) is 0 Å². The predicted octanol–water partition coefficient (Wildman–Crippen LogP) is 3.13. The number of ether oxygens (including phenoxy) is 1. The number of aryl methyl sites for hydroxylation is 1. The molecule has 1 heterocycles. The van der Waals surface area contributed by atoms with E-state index in [4.69, 9.17) is 4.74 Å². The first-order valence-corrected chi connectivity index (χ1v) is 6.67. The zero-order valence-corrected chi connectivity index (χ0v) is 12.7. The van der Waals surface area contributed by atoms with Crippen LogP contribution in [0.5, 0.6) is 5.75 Å². The number of methoxy groups -OCH3 is 1. The van der Waals surface area contributed by atoms with Crippen molar-refractivity contribution in [3.63, 3.8) is 0 Å². The fourth-order valence-corrected chi connectivity index (χ4v) is 2.37. The molecular weight excluding hydrogens is 308 g/mol. The summed E-state index contributed by atoms with van der Waals surface area (Å²) in [5.41, 5.74) is 3.36. The third-order valence-electron chi connectivity index (χ3n) is 3.13. The number of rotatable bonds is 4. The molecule has 1 aromatic heterocycles. The van der Waals surface area contributed by atoms with Crippen LogP contribution in [0.3, 0.4) is 0 Å². The first kappa shape index (κ1) is 13.8. The van der Waals surface area contributed by atoms with Gasteiger partial charge in [-0.05, 0) is 37.6 Å². The van der Waals surface area contributed by atoms with Gasteiger partial charge in [0.15, 0.2) is 6.29 Å². The zero-order valence-electron chi connectivity index (χ0n) is 11.1. The Labute approximate surface area is 120 Å². The lowest BCUT2D eigenvalue weighted by Crippen LogP contribution is -2.05. The molecule has 0 spiro atoms. The first-order chi connectivity index (χ1) is 9.06. The van der Waals surface area contributed by atoms with Crippen molar-refractivity contribution in [2.45, 2.75) is 20.4 Å². The van der Waals surface area contributed by atoms with Gasteiger partial charge in [-0.25, -0.2) is 0 Å². The Morgan fingerprint density at radius 3 is 2.74 bits per heavy atom. The number of benzene rings is 1. The lowest BCUT2D eigenvalue weighted by Gasteiger charge is -2.09. The summed E-state index contributed by atoms with van der Waals surface area (Å²) in [4.78, 5) is 11.0. The van der Waals surface area contributed by atoms with Gasteiger partial charge in [-0.2, -0.15) is 5.10 Å². The quantitative estimate of drug-likeness (QED) is 0.812. The fourth-order valence-electron chi connectivity index (χ4n) is 2.00. The summed E-state index contributed by atoms with van der Waals surface area (Å²) in [6.45, 7) is 4.34. The second-order valence-corrected chi connectivity index (χ2v) is 5.17. The minimum absolute atomic E-state index is 0.596. The van der Waals surface area contributed by atoms with Gasteiger partial charge >= 0.3 is 0 Å². The minimum Gasteiger partial charge on any atom is -0.497 e. The fraction of sp³-hybridized carbons (Fsp3) is 0.286. The third-order valence-corrected chi connectivity index (χ3v) is 3.90. The van der Waals surface area contributed by atoms with Gasteiger partial charge in [0.05, 0.1) is 24.9 Å². The molecule has 0 saturated carbocycles. The Hall–Kier alpha value is -1.62. The highest BCUT2D eigenvalue weighted by atomic mass is 79.9. The molecule has 19 heavy (non-hydrogen) atoms. The van der Waals surface area contributed by atoms with E-state index < -0.39 is 0 Å². The Morgan fingerprint density at radius 1 is 1.42 bits per heavy atom. The van der Waals surface area contributed by atoms with Crippen molar-refractivity contribution in [1.29, 1.82) is 0 Å². The van der Waals surface area contributed by atoms with Crippen molar-refractivity contribution < 1.29 is 9.53 Å². The predicted molar refractivity (Wildman–Crippen MR) is 76.9 cm³/mol. The van der Waals surface area contributed by atoms with E-state index >= 15 is 0 Å². The molecule has 0 N–H and O–H groups in total. The largest absolute Gasteiger partial charge is 0.497 e. The molecule has 1 aromatic carbocycles. The number of carbonyl (C=O) groups excluding carboxylic acids is 1. The highest BCUT2D eigenvalue weighted by molar-refractivity contribution is 9.10. The van der Waals surface area contributed by atoms with E-state index in [9.17, 15) is 4.79 Å². The average Bonchev–Trinajstić information content (AvgIpc) is 2.66. The molecule has 2 aromatic rings. The Bertz CT molecular complexity index is 620. The number of hydrogen-bond acceptors (Lipinski definition) is 3. The second kappa shape index (κ2) is 5.57. The number of aldehydes is 1. The second-order valence-electron chi connectivity index (χ2n) is 4.32. The summed E-state index contributed by atoms with van der Waals surface area (Å²) in [5.74, 6) is 0.801. The van der Waals surface area contributed by atoms with Crippen molar-refractivity contribution in [1.82, 2.24) is 9.78 Å². The maximum Gasteiger partial charge on any atom is 0.153 e. The standard InChI is InChI=1S/C14H15BrN2O2/c1-9-13(8-18)10(2)17(16-9)7-11-6-12(19-3)4-5-14(11)15/h4-6,8H,7H2,1-3H3. The Balaban J connectivity index is 2.38. The number of aromatic nitrogens is 2. The summed E-state index contributed by atoms with van der Waals surface area (Å²) in [6.07, 6.45) is 0.856. The van der Waals surface area contributed by atoms with Crippen LogP contribution in [-0.2, 0) is 6.54 Å². The molecule has 0 bridgehead atoms. The van der Waals surface area contributed by atoms with Crippen LogP contribution in [0.25, 0.3) is 0 Å². The molecule has 0 aliphatic heterocycles. The van der Waals surface area contributed by atoms with Gasteiger partial charge < -0.3 is 4.74 Å². The molecule has 100 valence electrons. The van der Waals surface area contributed by atoms with Crippen LogP contribution in [0.4, 0.5) is 0 Å². The van der Waals surface area contributed by atoms with Crippen LogP contribution in [0.15, 0.2) is 22.7 Å². The van der Waals surface area contributed by atoms with Gasteiger partial charge in [0.1, 0.15) is 5.75 Å². The maximum absolute atomic E-state index is 11.0. The van der Waals surface area contributed by atoms with Crippen molar-refractivity contribution in [3.8, 4) is 5.75 Å². The molecular formula is C14H15BrN2O2. The summed E-state index contributed by atoms with van der Waals surface area (Å²) < 4.78 is 8.05. The summed E-state index contributed by atoms with van der Waals surface area (Å²) in [6, 6.07) is 5.80. The van der Waals surface area contributed by atoms with Crippen molar-refractivity contribution in [3.05, 3.63) is 45.2 Å². The average molecular weight is 323 g/mol. The molecule has 0 amide bonds. The van der Waals surface area contributed by atoms with Crippen LogP contribution >= 0.6 is 15.9 Å². The van der Waals surface area contributed by atoms with E-state index in [1.807, 2.05) is 36.7 Å². The Kier molecular flexibility index (Phi) is 4.04. The zero-order chi connectivity index (χ0) is 14.0. The van der Waals surface area contributed by atoms with E-state index in [0.717, 1.165) is 33.5 Å². The molecule has 0 saturated heterocycles. The number of carbonyl (C=O) groups is 1. The first-order valence-electron chi connectivity index (χ1n) is 5.88. The van der Waals surface area contributed by atoms with Gasteiger partial charge in [0, 0.05) is 10.2 Å². The van der Waals surface area contributed by atoms with Gasteiger partial charge in [-0.3, -0.25) is 9.48 Å². The van der Waals surface area contributed by atoms with Crippen molar-refractivity contribution in [2.24, 2.45) is 0 Å². The van der Waals surface area contributed by atoms with Crippen LogP contribution in [0.2, 0.25) is 0 Å². The topological polar surface area (TPSA) is 44.1 Å². The SMILES string of the molecule is COc1ccc(Br)c(Cn2nc(C)c(C=O)c2C)c1. The summed E-state index contributed by atoms with van der Waals surface area (Å²) >= 11 is 3.52. The van der Waals surface area contributed by atoms with Crippen molar-refractivity contribution in [2.75, 3.05) is 7.11 Å². The molecule has 2 rings (SSSR count). The van der Waals surface area contributed by atoms with Crippen molar-refractivity contribution >= 4 is 22.2 Å². The van der Waals surface area contributed by atoms with E-state index in [1.165, 1.54) is 0 Å². The van der Waals surface area contributed by atoms with E-state index in [1.54, 1.807) is 7.11 Å². The monoisotopic (exact) mass is 322 g/mol. The minimum atomic E-state index is 0.596. The maximum atomic E-state index is 11.0. The molecule has 0 unspecified atom stereocenters. The number of hydrogen-bond donors (Lipinski definition) is 0. The Morgan fingerprint density at radius 2 is 2.16 bits per heavy atom. The van der Waals surface area contributed by atoms with E-state index in [-0.39, 0.29) is 0 Å². The van der Waals surface area contributed by atoms with Gasteiger partial charge in [-0.1, -0.05) is 15.9 Å². The van der Waals surface area contributed by atoms with Gasteiger partial charge in [0.25, 0.3) is 0 Å². The van der Waals surface area contributed by atoms with E-state index in [2.05, 4.69) is 21.0 Å². The molecule has 0 fully saturated rings. The number of nitrogens with zero attached hydrogens (tertiary/aromatic N) is 2. The van der Waals surface area contributed by atoms with Crippen LogP contribution in [0.1, 0.15) is 27.3 Å². The molecule has 0 radical (unpaired) electrons. The molecule has 5 heteroatoms.